The molecule has 1 amide bonds. The number of aromatic amines is 1. The van der Waals surface area contributed by atoms with E-state index in [0.717, 1.165) is 15.6 Å². The third-order valence-corrected chi connectivity index (χ3v) is 4.67. The van der Waals surface area contributed by atoms with Crippen molar-refractivity contribution in [1.29, 1.82) is 0 Å². The van der Waals surface area contributed by atoms with E-state index in [1.165, 1.54) is 25.6 Å². The summed E-state index contributed by atoms with van der Waals surface area (Å²) in [4.78, 5) is 40.5. The van der Waals surface area contributed by atoms with Crippen molar-refractivity contribution in [1.82, 2.24) is 9.55 Å². The Bertz CT molecular complexity index is 1050. The molecule has 2 aromatic heterocycles. The average molecular weight is 387 g/mol. The van der Waals surface area contributed by atoms with Gasteiger partial charge in [0.15, 0.2) is 0 Å². The van der Waals surface area contributed by atoms with Crippen molar-refractivity contribution in [3.63, 3.8) is 0 Å². The maximum atomic E-state index is 12.6. The van der Waals surface area contributed by atoms with Gasteiger partial charge in [-0.1, -0.05) is 6.07 Å². The second kappa shape index (κ2) is 7.92. The number of H-pyrrole nitrogens is 1. The Balaban J connectivity index is 1.91. The predicted octanol–water partition coefficient (Wildman–Crippen LogP) is 1.92. The molecule has 1 aromatic carbocycles. The van der Waals surface area contributed by atoms with Crippen molar-refractivity contribution in [2.45, 2.75) is 6.54 Å². The molecule has 2 N–H and O–H groups in total. The zero-order valence-electron chi connectivity index (χ0n) is 14.6. The van der Waals surface area contributed by atoms with Crippen LogP contribution in [0.5, 0.6) is 11.5 Å². The highest BCUT2D eigenvalue weighted by molar-refractivity contribution is 7.09. The Morgan fingerprint density at radius 3 is 2.48 bits per heavy atom. The molecule has 3 rings (SSSR count). The lowest BCUT2D eigenvalue weighted by Gasteiger charge is -2.10. The highest BCUT2D eigenvalue weighted by Crippen LogP contribution is 2.25. The van der Waals surface area contributed by atoms with Crippen LogP contribution in [0.15, 0.2) is 51.5 Å². The van der Waals surface area contributed by atoms with Crippen LogP contribution in [0.25, 0.3) is 0 Å². The number of ether oxygens (including phenoxy) is 2. The van der Waals surface area contributed by atoms with E-state index in [1.54, 1.807) is 18.2 Å². The summed E-state index contributed by atoms with van der Waals surface area (Å²) in [6.07, 6.45) is 1.11. The standard InChI is InChI=1S/C18H17N3O5S/c1-25-12-6-11(7-13(8-12)26-2)20-16(22)15-9-19-18(24)21(17(15)23)10-14-4-3-5-27-14/h3-9H,10H2,1-2H3,(H,19,24)(H,20,22). The van der Waals surface area contributed by atoms with E-state index in [1.807, 2.05) is 17.5 Å². The molecule has 0 atom stereocenters. The van der Waals surface area contributed by atoms with Crippen LogP contribution in [0.2, 0.25) is 0 Å². The summed E-state index contributed by atoms with van der Waals surface area (Å²) in [5.41, 5.74) is -1.02. The van der Waals surface area contributed by atoms with Gasteiger partial charge in [0.2, 0.25) is 0 Å². The van der Waals surface area contributed by atoms with Crippen molar-refractivity contribution in [2.75, 3.05) is 19.5 Å². The lowest BCUT2D eigenvalue weighted by atomic mass is 10.2. The van der Waals surface area contributed by atoms with E-state index < -0.39 is 17.2 Å². The SMILES string of the molecule is COc1cc(NC(=O)c2c[nH]c(=O)n(Cc3cccs3)c2=O)cc(OC)c1. The predicted molar refractivity (Wildman–Crippen MR) is 102 cm³/mol. The monoisotopic (exact) mass is 387 g/mol. The molecule has 9 heteroatoms. The molecule has 0 saturated carbocycles. The fraction of sp³-hybridized carbons (Fsp3) is 0.167. The molecule has 8 nitrogen and oxygen atoms in total. The summed E-state index contributed by atoms with van der Waals surface area (Å²) in [6.45, 7) is 0.0972. The molecule has 0 aliphatic heterocycles. The van der Waals surface area contributed by atoms with Gasteiger partial charge in [-0.25, -0.2) is 4.79 Å². The summed E-state index contributed by atoms with van der Waals surface area (Å²) in [5.74, 6) is 0.328. The zero-order valence-corrected chi connectivity index (χ0v) is 15.5. The number of aromatic nitrogens is 2. The Kier molecular flexibility index (Phi) is 5.41. The van der Waals surface area contributed by atoms with Gasteiger partial charge in [0.25, 0.3) is 11.5 Å². The summed E-state index contributed by atoms with van der Waals surface area (Å²) in [7, 11) is 2.98. The lowest BCUT2D eigenvalue weighted by Crippen LogP contribution is -2.39. The van der Waals surface area contributed by atoms with Gasteiger partial charge in [0, 0.05) is 35.0 Å². The summed E-state index contributed by atoms with van der Waals surface area (Å²) >= 11 is 1.42. The highest BCUT2D eigenvalue weighted by Gasteiger charge is 2.16. The van der Waals surface area contributed by atoms with Crippen molar-refractivity contribution in [3.8, 4) is 11.5 Å². The number of nitrogens with one attached hydrogen (secondary N) is 2. The van der Waals surface area contributed by atoms with Crippen LogP contribution in [-0.4, -0.2) is 29.7 Å². The van der Waals surface area contributed by atoms with Crippen LogP contribution in [0.1, 0.15) is 15.2 Å². The number of hydrogen-bond acceptors (Lipinski definition) is 6. The van der Waals surface area contributed by atoms with E-state index in [0.29, 0.717) is 17.2 Å². The maximum Gasteiger partial charge on any atom is 0.328 e. The van der Waals surface area contributed by atoms with Crippen LogP contribution in [0.3, 0.4) is 0 Å². The van der Waals surface area contributed by atoms with Crippen LogP contribution in [0.4, 0.5) is 5.69 Å². The van der Waals surface area contributed by atoms with E-state index in [4.69, 9.17) is 9.47 Å². The first-order chi connectivity index (χ1) is 13.0. The molecule has 0 spiro atoms. The number of benzene rings is 1. The lowest BCUT2D eigenvalue weighted by molar-refractivity contribution is 0.102. The molecule has 0 saturated heterocycles. The quantitative estimate of drug-likeness (QED) is 0.673. The summed E-state index contributed by atoms with van der Waals surface area (Å²) in [5, 5.41) is 4.47. The number of methoxy groups -OCH3 is 2. The van der Waals surface area contributed by atoms with E-state index >= 15 is 0 Å². The van der Waals surface area contributed by atoms with Crippen molar-refractivity contribution in [2.24, 2.45) is 0 Å². The molecule has 2 heterocycles. The molecular weight excluding hydrogens is 370 g/mol. The first-order valence-corrected chi connectivity index (χ1v) is 8.79. The number of amides is 1. The molecule has 3 aromatic rings. The van der Waals surface area contributed by atoms with Gasteiger partial charge in [0.1, 0.15) is 17.1 Å². The normalized spacial score (nSPS) is 10.4. The number of carbonyl (C=O) groups is 1. The minimum absolute atomic E-state index is 0.0972. The summed E-state index contributed by atoms with van der Waals surface area (Å²) < 4.78 is 11.3. The van der Waals surface area contributed by atoms with E-state index in [-0.39, 0.29) is 12.1 Å². The van der Waals surface area contributed by atoms with Crippen molar-refractivity contribution >= 4 is 22.9 Å². The number of anilines is 1. The zero-order chi connectivity index (χ0) is 19.4. The molecule has 0 aliphatic carbocycles. The van der Waals surface area contributed by atoms with E-state index in [9.17, 15) is 14.4 Å². The highest BCUT2D eigenvalue weighted by atomic mass is 32.1. The number of nitrogens with zero attached hydrogens (tertiary/aromatic N) is 1. The van der Waals surface area contributed by atoms with Gasteiger partial charge >= 0.3 is 5.69 Å². The first kappa shape index (κ1) is 18.5. The topological polar surface area (TPSA) is 102 Å². The first-order valence-electron chi connectivity index (χ1n) is 7.91. The van der Waals surface area contributed by atoms with Crippen molar-refractivity contribution in [3.05, 3.63) is 73.2 Å². The fourth-order valence-electron chi connectivity index (χ4n) is 2.45. The second-order valence-electron chi connectivity index (χ2n) is 5.53. The maximum absolute atomic E-state index is 12.6. The van der Waals surface area contributed by atoms with Gasteiger partial charge in [-0.3, -0.25) is 14.2 Å². The molecule has 0 aliphatic rings. The minimum atomic E-state index is -0.667. The van der Waals surface area contributed by atoms with Gasteiger partial charge in [-0.05, 0) is 11.4 Å². The molecule has 0 unspecified atom stereocenters. The van der Waals surface area contributed by atoms with Crippen LogP contribution < -0.4 is 26.0 Å². The number of hydrogen-bond donors (Lipinski definition) is 2. The van der Waals surface area contributed by atoms with Crippen LogP contribution >= 0.6 is 11.3 Å². The molecule has 27 heavy (non-hydrogen) atoms. The Morgan fingerprint density at radius 1 is 1.19 bits per heavy atom. The fourth-order valence-corrected chi connectivity index (χ4v) is 3.15. The molecular formula is C18H17N3O5S. The van der Waals surface area contributed by atoms with Gasteiger partial charge < -0.3 is 19.8 Å². The minimum Gasteiger partial charge on any atom is -0.497 e. The van der Waals surface area contributed by atoms with E-state index in [2.05, 4.69) is 10.3 Å². The third-order valence-electron chi connectivity index (χ3n) is 3.81. The summed E-state index contributed by atoms with van der Waals surface area (Å²) in [6, 6.07) is 8.48. The number of thiophene rings is 1. The Morgan fingerprint density at radius 2 is 1.89 bits per heavy atom. The largest absolute Gasteiger partial charge is 0.497 e. The second-order valence-corrected chi connectivity index (χ2v) is 6.57. The molecule has 140 valence electrons. The average Bonchev–Trinajstić information content (AvgIpc) is 3.17. The molecule has 0 bridgehead atoms. The number of carbonyl (C=O) groups excluding carboxylic acids is 1. The van der Waals surface area contributed by atoms with Gasteiger partial charge in [-0.2, -0.15) is 0 Å². The number of rotatable bonds is 6. The molecule has 0 fully saturated rings. The Labute approximate surface area is 158 Å². The van der Waals surface area contributed by atoms with Crippen LogP contribution in [0, 0.1) is 0 Å². The van der Waals surface area contributed by atoms with Gasteiger partial charge in [-0.15, -0.1) is 11.3 Å². The molecule has 0 radical (unpaired) electrons. The Hall–Kier alpha value is -3.33. The van der Waals surface area contributed by atoms with Crippen LogP contribution in [-0.2, 0) is 6.54 Å². The van der Waals surface area contributed by atoms with Crippen molar-refractivity contribution < 1.29 is 14.3 Å². The van der Waals surface area contributed by atoms with Gasteiger partial charge in [0.05, 0.1) is 20.8 Å². The smallest absolute Gasteiger partial charge is 0.328 e. The third kappa shape index (κ3) is 4.09.